The molecule has 1 amide bonds. The van der Waals surface area contributed by atoms with Crippen LogP contribution in [0.3, 0.4) is 0 Å². The van der Waals surface area contributed by atoms with Gasteiger partial charge in [-0.2, -0.15) is 0 Å². The Balaban J connectivity index is 2.57. The number of hydrogen-bond acceptors (Lipinski definition) is 2. The van der Waals surface area contributed by atoms with Crippen LogP contribution < -0.4 is 5.73 Å². The van der Waals surface area contributed by atoms with Crippen LogP contribution >= 0.6 is 0 Å². The summed E-state index contributed by atoms with van der Waals surface area (Å²) in [6, 6.07) is 0.218. The quantitative estimate of drug-likeness (QED) is 0.727. The molecule has 0 atom stereocenters. The molecule has 1 saturated carbocycles. The van der Waals surface area contributed by atoms with E-state index in [0.717, 1.165) is 25.7 Å². The zero-order valence-corrected chi connectivity index (χ0v) is 10.5. The van der Waals surface area contributed by atoms with Crippen molar-refractivity contribution in [3.05, 3.63) is 12.7 Å². The van der Waals surface area contributed by atoms with Crippen LogP contribution in [0.25, 0.3) is 0 Å². The van der Waals surface area contributed by atoms with Crippen LogP contribution in [0, 0.1) is 0 Å². The summed E-state index contributed by atoms with van der Waals surface area (Å²) in [4.78, 5) is 14.0. The van der Waals surface area contributed by atoms with E-state index in [2.05, 4.69) is 6.58 Å². The van der Waals surface area contributed by atoms with Gasteiger partial charge in [0, 0.05) is 24.5 Å². The maximum atomic E-state index is 12.1. The molecule has 3 heteroatoms. The van der Waals surface area contributed by atoms with Gasteiger partial charge in [-0.25, -0.2) is 0 Å². The summed E-state index contributed by atoms with van der Waals surface area (Å²) in [5.41, 5.74) is 5.98. The Kier molecular flexibility index (Phi) is 4.54. The third-order valence-corrected chi connectivity index (χ3v) is 3.37. The average molecular weight is 224 g/mol. The maximum absolute atomic E-state index is 12.1. The van der Waals surface area contributed by atoms with Crippen LogP contribution in [-0.2, 0) is 4.79 Å². The Bertz CT molecular complexity index is 255. The fourth-order valence-electron chi connectivity index (χ4n) is 2.40. The van der Waals surface area contributed by atoms with Crippen LogP contribution in [0.15, 0.2) is 12.7 Å². The smallest absolute Gasteiger partial charge is 0.224 e. The van der Waals surface area contributed by atoms with Crippen molar-refractivity contribution in [1.29, 1.82) is 0 Å². The lowest BCUT2D eigenvalue weighted by Gasteiger charge is -2.30. The molecule has 2 N–H and O–H groups in total. The van der Waals surface area contributed by atoms with Gasteiger partial charge < -0.3 is 10.6 Å². The van der Waals surface area contributed by atoms with Crippen molar-refractivity contribution in [1.82, 2.24) is 4.90 Å². The Morgan fingerprint density at radius 3 is 2.50 bits per heavy atom. The summed E-state index contributed by atoms with van der Waals surface area (Å²) in [6.45, 7) is 8.36. The Labute approximate surface area is 98.7 Å². The predicted molar refractivity (Wildman–Crippen MR) is 67.0 cm³/mol. The molecular weight excluding hydrogens is 200 g/mol. The van der Waals surface area contributed by atoms with E-state index in [1.807, 2.05) is 18.7 Å². The van der Waals surface area contributed by atoms with E-state index in [9.17, 15) is 4.79 Å². The molecule has 0 aromatic heterocycles. The number of nitrogens with two attached hydrogens (primary N) is 1. The van der Waals surface area contributed by atoms with Crippen molar-refractivity contribution < 1.29 is 4.79 Å². The van der Waals surface area contributed by atoms with E-state index in [4.69, 9.17) is 5.73 Å². The summed E-state index contributed by atoms with van der Waals surface area (Å²) in [6.07, 6.45) is 6.55. The minimum Gasteiger partial charge on any atom is -0.337 e. The largest absolute Gasteiger partial charge is 0.337 e. The van der Waals surface area contributed by atoms with E-state index in [0.29, 0.717) is 13.0 Å². The summed E-state index contributed by atoms with van der Waals surface area (Å²) in [5.74, 6) is 0.166. The first kappa shape index (κ1) is 13.2. The molecular formula is C13H24N2O. The second-order valence-electron chi connectivity index (χ2n) is 5.17. The van der Waals surface area contributed by atoms with Crippen LogP contribution in [0.4, 0.5) is 0 Å². The van der Waals surface area contributed by atoms with Crippen molar-refractivity contribution in [2.24, 2.45) is 5.73 Å². The SMILES string of the molecule is C=CCN(C(=O)CC1(N)CCCC1)C(C)C. The Morgan fingerprint density at radius 2 is 2.06 bits per heavy atom. The predicted octanol–water partition coefficient (Wildman–Crippen LogP) is 2.07. The molecule has 0 radical (unpaired) electrons. The van der Waals surface area contributed by atoms with Gasteiger partial charge in [0.1, 0.15) is 0 Å². The van der Waals surface area contributed by atoms with Crippen molar-refractivity contribution >= 4 is 5.91 Å². The third kappa shape index (κ3) is 3.34. The molecule has 0 spiro atoms. The molecule has 1 aliphatic rings. The van der Waals surface area contributed by atoms with Gasteiger partial charge in [0.2, 0.25) is 5.91 Å². The molecule has 3 nitrogen and oxygen atoms in total. The molecule has 0 saturated heterocycles. The molecule has 0 heterocycles. The number of hydrogen-bond donors (Lipinski definition) is 1. The van der Waals surface area contributed by atoms with Gasteiger partial charge in [0.15, 0.2) is 0 Å². The minimum atomic E-state index is -0.245. The monoisotopic (exact) mass is 224 g/mol. The normalized spacial score (nSPS) is 18.8. The topological polar surface area (TPSA) is 46.3 Å². The molecule has 0 unspecified atom stereocenters. The minimum absolute atomic E-state index is 0.166. The number of rotatable bonds is 5. The molecule has 0 aliphatic heterocycles. The highest BCUT2D eigenvalue weighted by atomic mass is 16.2. The molecule has 16 heavy (non-hydrogen) atoms. The van der Waals surface area contributed by atoms with E-state index in [1.54, 1.807) is 6.08 Å². The van der Waals surface area contributed by atoms with Crippen LogP contribution in [0.2, 0.25) is 0 Å². The second kappa shape index (κ2) is 5.48. The van der Waals surface area contributed by atoms with Crippen molar-refractivity contribution in [3.8, 4) is 0 Å². The summed E-state index contributed by atoms with van der Waals surface area (Å²) in [7, 11) is 0. The lowest BCUT2D eigenvalue weighted by molar-refractivity contribution is -0.133. The van der Waals surface area contributed by atoms with Crippen LogP contribution in [0.5, 0.6) is 0 Å². The maximum Gasteiger partial charge on any atom is 0.224 e. The molecule has 0 aromatic rings. The standard InChI is InChI=1S/C13H24N2O/c1-4-9-15(11(2)3)12(16)10-13(14)7-5-6-8-13/h4,11H,1,5-10,14H2,2-3H3. The fourth-order valence-corrected chi connectivity index (χ4v) is 2.40. The zero-order chi connectivity index (χ0) is 12.2. The first-order valence-electron chi connectivity index (χ1n) is 6.18. The molecule has 0 bridgehead atoms. The van der Waals surface area contributed by atoms with Gasteiger partial charge in [0.25, 0.3) is 0 Å². The third-order valence-electron chi connectivity index (χ3n) is 3.37. The molecule has 1 fully saturated rings. The summed E-state index contributed by atoms with van der Waals surface area (Å²) < 4.78 is 0. The van der Waals surface area contributed by atoms with E-state index >= 15 is 0 Å². The van der Waals surface area contributed by atoms with Gasteiger partial charge in [-0.3, -0.25) is 4.79 Å². The average Bonchev–Trinajstić information content (AvgIpc) is 2.60. The number of carbonyl (C=O) groups is 1. The van der Waals surface area contributed by atoms with E-state index in [-0.39, 0.29) is 17.5 Å². The highest BCUT2D eigenvalue weighted by Gasteiger charge is 2.33. The van der Waals surface area contributed by atoms with Crippen LogP contribution in [-0.4, -0.2) is 28.9 Å². The summed E-state index contributed by atoms with van der Waals surface area (Å²) in [5, 5.41) is 0. The van der Waals surface area contributed by atoms with Crippen LogP contribution in [0.1, 0.15) is 46.0 Å². The highest BCUT2D eigenvalue weighted by molar-refractivity contribution is 5.78. The lowest BCUT2D eigenvalue weighted by atomic mass is 9.94. The number of amides is 1. The van der Waals surface area contributed by atoms with Gasteiger partial charge in [-0.15, -0.1) is 6.58 Å². The van der Waals surface area contributed by atoms with Crippen molar-refractivity contribution in [2.75, 3.05) is 6.54 Å². The van der Waals surface area contributed by atoms with Crippen molar-refractivity contribution in [3.63, 3.8) is 0 Å². The number of carbonyl (C=O) groups excluding carboxylic acids is 1. The van der Waals surface area contributed by atoms with E-state index < -0.39 is 0 Å². The first-order chi connectivity index (χ1) is 7.48. The molecule has 92 valence electrons. The molecule has 1 aliphatic carbocycles. The summed E-state index contributed by atoms with van der Waals surface area (Å²) >= 11 is 0. The zero-order valence-electron chi connectivity index (χ0n) is 10.5. The van der Waals surface area contributed by atoms with E-state index in [1.165, 1.54) is 0 Å². The van der Waals surface area contributed by atoms with Gasteiger partial charge in [-0.05, 0) is 26.7 Å². The molecule has 1 rings (SSSR count). The van der Waals surface area contributed by atoms with Crippen molar-refractivity contribution in [2.45, 2.75) is 57.5 Å². The fraction of sp³-hybridized carbons (Fsp3) is 0.769. The number of nitrogens with zero attached hydrogens (tertiary/aromatic N) is 1. The van der Waals surface area contributed by atoms with Gasteiger partial charge >= 0.3 is 0 Å². The second-order valence-corrected chi connectivity index (χ2v) is 5.17. The Morgan fingerprint density at radius 1 is 1.50 bits per heavy atom. The first-order valence-corrected chi connectivity index (χ1v) is 6.18. The molecule has 0 aromatic carbocycles. The lowest BCUT2D eigenvalue weighted by Crippen LogP contribution is -2.45. The van der Waals surface area contributed by atoms with Gasteiger partial charge in [0.05, 0.1) is 0 Å². The highest BCUT2D eigenvalue weighted by Crippen LogP contribution is 2.30. The van der Waals surface area contributed by atoms with Gasteiger partial charge in [-0.1, -0.05) is 18.9 Å². The Hall–Kier alpha value is -0.830.